The smallest absolute Gasteiger partial charge is 0.303 e. The predicted molar refractivity (Wildman–Crippen MR) is 49.7 cm³/mol. The van der Waals surface area contributed by atoms with Gasteiger partial charge in [-0.05, 0) is 13.0 Å². The lowest BCUT2D eigenvalue weighted by molar-refractivity contribution is -0.136. The van der Waals surface area contributed by atoms with Crippen molar-refractivity contribution in [2.24, 2.45) is 5.73 Å². The number of aromatic nitrogens is 3. The first kappa shape index (κ1) is 10.6. The van der Waals surface area contributed by atoms with E-state index < -0.39 is 5.97 Å². The minimum Gasteiger partial charge on any atom is -0.481 e. The highest BCUT2D eigenvalue weighted by atomic mass is 16.4. The van der Waals surface area contributed by atoms with Gasteiger partial charge in [0.05, 0.1) is 12.1 Å². The Kier molecular flexibility index (Phi) is 4.06. The zero-order valence-corrected chi connectivity index (χ0v) is 7.89. The molecule has 1 aromatic rings. The number of aryl methyl sites for hydroxylation is 2. The van der Waals surface area contributed by atoms with Crippen LogP contribution in [0.1, 0.15) is 18.5 Å². The lowest BCUT2D eigenvalue weighted by atomic mass is 10.2. The normalized spacial score (nSPS) is 10.4. The van der Waals surface area contributed by atoms with Crippen molar-refractivity contribution in [3.05, 3.63) is 11.9 Å². The van der Waals surface area contributed by atoms with E-state index in [-0.39, 0.29) is 6.42 Å². The summed E-state index contributed by atoms with van der Waals surface area (Å²) in [6, 6.07) is 0. The second-order valence-electron chi connectivity index (χ2n) is 3.01. The summed E-state index contributed by atoms with van der Waals surface area (Å²) in [4.78, 5) is 10.3. The lowest BCUT2D eigenvalue weighted by Gasteiger charge is -1.95. The van der Waals surface area contributed by atoms with Gasteiger partial charge in [-0.3, -0.25) is 9.48 Å². The van der Waals surface area contributed by atoms with Crippen molar-refractivity contribution in [3.8, 4) is 0 Å². The van der Waals surface area contributed by atoms with Crippen LogP contribution in [0.3, 0.4) is 0 Å². The first-order valence-electron chi connectivity index (χ1n) is 4.53. The molecule has 0 saturated heterocycles. The van der Waals surface area contributed by atoms with Gasteiger partial charge in [-0.1, -0.05) is 5.21 Å². The Bertz CT molecular complexity index is 297. The second-order valence-corrected chi connectivity index (χ2v) is 3.01. The van der Waals surface area contributed by atoms with Crippen molar-refractivity contribution in [2.45, 2.75) is 25.8 Å². The Morgan fingerprint density at radius 1 is 1.64 bits per heavy atom. The highest BCUT2D eigenvalue weighted by Crippen LogP contribution is 1.98. The van der Waals surface area contributed by atoms with Crippen LogP contribution in [0.2, 0.25) is 0 Å². The van der Waals surface area contributed by atoms with Crippen molar-refractivity contribution in [1.82, 2.24) is 15.0 Å². The predicted octanol–water partition coefficient (Wildman–Crippen LogP) is -0.356. The van der Waals surface area contributed by atoms with Gasteiger partial charge in [0.1, 0.15) is 0 Å². The van der Waals surface area contributed by atoms with Crippen LogP contribution in [0, 0.1) is 0 Å². The van der Waals surface area contributed by atoms with Gasteiger partial charge in [-0.2, -0.15) is 0 Å². The third-order valence-corrected chi connectivity index (χ3v) is 1.77. The van der Waals surface area contributed by atoms with Crippen LogP contribution >= 0.6 is 0 Å². The number of carboxylic acids is 1. The van der Waals surface area contributed by atoms with E-state index in [4.69, 9.17) is 10.8 Å². The van der Waals surface area contributed by atoms with Crippen LogP contribution in [0.25, 0.3) is 0 Å². The maximum Gasteiger partial charge on any atom is 0.303 e. The van der Waals surface area contributed by atoms with E-state index in [2.05, 4.69) is 10.3 Å². The molecule has 14 heavy (non-hydrogen) atoms. The zero-order chi connectivity index (χ0) is 10.4. The second kappa shape index (κ2) is 5.33. The number of hydrogen-bond donors (Lipinski definition) is 2. The molecule has 1 heterocycles. The molecule has 0 saturated carbocycles. The summed E-state index contributed by atoms with van der Waals surface area (Å²) in [7, 11) is 0. The molecule has 6 nitrogen and oxygen atoms in total. The minimum absolute atomic E-state index is 0.0928. The topological polar surface area (TPSA) is 94.0 Å². The molecule has 6 heteroatoms. The average Bonchev–Trinajstić information content (AvgIpc) is 2.59. The fraction of sp³-hybridized carbons (Fsp3) is 0.625. The molecule has 0 bridgehead atoms. The molecule has 0 spiro atoms. The van der Waals surface area contributed by atoms with Crippen LogP contribution in [-0.2, 0) is 17.8 Å². The molecule has 0 aliphatic carbocycles. The maximum atomic E-state index is 10.3. The Morgan fingerprint density at radius 2 is 2.43 bits per heavy atom. The van der Waals surface area contributed by atoms with Gasteiger partial charge in [0.2, 0.25) is 0 Å². The van der Waals surface area contributed by atoms with Crippen molar-refractivity contribution in [3.63, 3.8) is 0 Å². The molecule has 0 unspecified atom stereocenters. The fourth-order valence-electron chi connectivity index (χ4n) is 1.05. The van der Waals surface area contributed by atoms with Crippen LogP contribution in [0.15, 0.2) is 6.20 Å². The summed E-state index contributed by atoms with van der Waals surface area (Å²) >= 11 is 0. The van der Waals surface area contributed by atoms with Gasteiger partial charge in [-0.25, -0.2) is 0 Å². The molecule has 0 radical (unpaired) electrons. The average molecular weight is 198 g/mol. The van der Waals surface area contributed by atoms with Gasteiger partial charge in [0.15, 0.2) is 0 Å². The van der Waals surface area contributed by atoms with Crippen molar-refractivity contribution in [2.75, 3.05) is 6.54 Å². The van der Waals surface area contributed by atoms with Crippen molar-refractivity contribution >= 4 is 5.97 Å². The number of rotatable bonds is 6. The standard InChI is InChI=1S/C8H14N4O2/c9-4-1-5-12-6-7(10-11-12)2-3-8(13)14/h6H,1-5,9H2,(H,13,14). The Balaban J connectivity index is 2.38. The number of nitrogens with zero attached hydrogens (tertiary/aromatic N) is 3. The number of nitrogens with two attached hydrogens (primary N) is 1. The van der Waals surface area contributed by atoms with Crippen LogP contribution in [0.5, 0.6) is 0 Å². The molecular formula is C8H14N4O2. The Morgan fingerprint density at radius 3 is 3.07 bits per heavy atom. The number of carbonyl (C=O) groups is 1. The van der Waals surface area contributed by atoms with E-state index in [0.29, 0.717) is 18.7 Å². The van der Waals surface area contributed by atoms with E-state index in [1.807, 2.05) is 0 Å². The highest BCUT2D eigenvalue weighted by Gasteiger charge is 2.03. The van der Waals surface area contributed by atoms with Gasteiger partial charge >= 0.3 is 5.97 Å². The van der Waals surface area contributed by atoms with Crippen LogP contribution in [-0.4, -0.2) is 32.6 Å². The summed E-state index contributed by atoms with van der Waals surface area (Å²) in [6.07, 6.45) is 3.13. The van der Waals surface area contributed by atoms with E-state index in [1.165, 1.54) is 0 Å². The van der Waals surface area contributed by atoms with Crippen molar-refractivity contribution < 1.29 is 9.90 Å². The van der Waals surface area contributed by atoms with Crippen LogP contribution < -0.4 is 5.73 Å². The molecule has 0 aliphatic rings. The summed E-state index contributed by atoms with van der Waals surface area (Å²) in [6.45, 7) is 1.35. The first-order chi connectivity index (χ1) is 6.72. The highest BCUT2D eigenvalue weighted by molar-refractivity contribution is 5.66. The number of hydrogen-bond acceptors (Lipinski definition) is 4. The quantitative estimate of drug-likeness (QED) is 0.651. The van der Waals surface area contributed by atoms with E-state index >= 15 is 0 Å². The number of aliphatic carboxylic acids is 1. The summed E-state index contributed by atoms with van der Waals surface area (Å²) in [5.74, 6) is -0.818. The Labute approximate surface area is 81.7 Å². The SMILES string of the molecule is NCCCn1cc(CCC(=O)O)nn1. The molecule has 0 aromatic carbocycles. The first-order valence-corrected chi connectivity index (χ1v) is 4.53. The van der Waals surface area contributed by atoms with Gasteiger partial charge < -0.3 is 10.8 Å². The molecule has 0 amide bonds. The monoisotopic (exact) mass is 198 g/mol. The minimum atomic E-state index is -0.818. The third kappa shape index (κ3) is 3.53. The van der Waals surface area contributed by atoms with Crippen molar-refractivity contribution in [1.29, 1.82) is 0 Å². The van der Waals surface area contributed by atoms with Crippen LogP contribution in [0.4, 0.5) is 0 Å². The van der Waals surface area contributed by atoms with Gasteiger partial charge in [0, 0.05) is 19.2 Å². The van der Waals surface area contributed by atoms with E-state index in [1.54, 1.807) is 10.9 Å². The molecule has 0 fully saturated rings. The van der Waals surface area contributed by atoms with E-state index in [9.17, 15) is 4.79 Å². The zero-order valence-electron chi connectivity index (χ0n) is 7.89. The molecule has 3 N–H and O–H groups in total. The molecule has 1 rings (SSSR count). The molecule has 78 valence electrons. The summed E-state index contributed by atoms with van der Waals surface area (Å²) < 4.78 is 1.68. The summed E-state index contributed by atoms with van der Waals surface area (Å²) in [5, 5.41) is 16.2. The van der Waals surface area contributed by atoms with E-state index in [0.717, 1.165) is 13.0 Å². The molecular weight excluding hydrogens is 184 g/mol. The Hall–Kier alpha value is -1.43. The fourth-order valence-corrected chi connectivity index (χ4v) is 1.05. The molecule has 1 aromatic heterocycles. The molecule has 0 atom stereocenters. The molecule has 0 aliphatic heterocycles. The number of carboxylic acid groups (broad SMARTS) is 1. The maximum absolute atomic E-state index is 10.3. The third-order valence-electron chi connectivity index (χ3n) is 1.77. The largest absolute Gasteiger partial charge is 0.481 e. The summed E-state index contributed by atoms with van der Waals surface area (Å²) in [5.41, 5.74) is 6.05. The van der Waals surface area contributed by atoms with Gasteiger partial charge in [0.25, 0.3) is 0 Å². The lowest BCUT2D eigenvalue weighted by Crippen LogP contribution is -2.06. The van der Waals surface area contributed by atoms with Gasteiger partial charge in [-0.15, -0.1) is 5.10 Å².